The predicted octanol–water partition coefficient (Wildman–Crippen LogP) is 2.47. The minimum Gasteiger partial charge on any atom is -0.382 e. The lowest BCUT2D eigenvalue weighted by Crippen LogP contribution is -1.94. The first-order valence-electron chi connectivity index (χ1n) is 5.92. The van der Waals surface area contributed by atoms with Gasteiger partial charge in [0.15, 0.2) is 0 Å². The van der Waals surface area contributed by atoms with Crippen LogP contribution in [-0.4, -0.2) is 14.3 Å². The number of aromatic nitrogens is 3. The van der Waals surface area contributed by atoms with Gasteiger partial charge in [0.25, 0.3) is 0 Å². The normalized spacial score (nSPS) is 11.3. The Hall–Kier alpha value is -2.23. The summed E-state index contributed by atoms with van der Waals surface area (Å²) in [5, 5.41) is 5.43. The van der Waals surface area contributed by atoms with Crippen molar-refractivity contribution in [2.24, 2.45) is 14.1 Å². The molecule has 4 nitrogen and oxygen atoms in total. The summed E-state index contributed by atoms with van der Waals surface area (Å²) in [6, 6.07) is 8.39. The Kier molecular flexibility index (Phi) is 2.20. The van der Waals surface area contributed by atoms with Crippen molar-refractivity contribution in [2.75, 3.05) is 5.73 Å². The molecule has 92 valence electrons. The molecule has 0 fully saturated rings. The van der Waals surface area contributed by atoms with E-state index in [1.54, 1.807) is 0 Å². The van der Waals surface area contributed by atoms with Crippen LogP contribution in [0, 0.1) is 6.92 Å². The van der Waals surface area contributed by atoms with Crippen molar-refractivity contribution < 1.29 is 0 Å². The first-order valence-corrected chi connectivity index (χ1v) is 5.92. The Balaban J connectivity index is 2.33. The molecule has 4 heteroatoms. The number of rotatable bonds is 1. The van der Waals surface area contributed by atoms with Gasteiger partial charge < -0.3 is 10.3 Å². The fourth-order valence-corrected chi connectivity index (χ4v) is 2.44. The number of anilines is 1. The summed E-state index contributed by atoms with van der Waals surface area (Å²) in [6.07, 6.45) is 2.13. The van der Waals surface area contributed by atoms with Crippen LogP contribution in [0.4, 0.5) is 5.82 Å². The molecule has 0 saturated carbocycles. The summed E-state index contributed by atoms with van der Waals surface area (Å²) in [5.41, 5.74) is 10.5. The standard InChI is InChI=1S/C14H16N4/c1-9-4-5-10-11(8-17(2)12(10)6-9)13-7-14(15)16-18(13)3/h4-8H,1-3H3,(H2,15,16). The monoisotopic (exact) mass is 240 g/mol. The van der Waals surface area contributed by atoms with Gasteiger partial charge in [-0.05, 0) is 18.6 Å². The lowest BCUT2D eigenvalue weighted by molar-refractivity contribution is 0.780. The molecule has 0 aliphatic carbocycles. The number of benzene rings is 1. The van der Waals surface area contributed by atoms with E-state index < -0.39 is 0 Å². The van der Waals surface area contributed by atoms with Crippen LogP contribution >= 0.6 is 0 Å². The molecule has 0 bridgehead atoms. The van der Waals surface area contributed by atoms with Crippen molar-refractivity contribution in [2.45, 2.75) is 6.92 Å². The average molecular weight is 240 g/mol. The molecule has 0 atom stereocenters. The van der Waals surface area contributed by atoms with Gasteiger partial charge in [0.05, 0.1) is 5.69 Å². The molecule has 0 spiro atoms. The Bertz CT molecular complexity index is 734. The molecule has 0 unspecified atom stereocenters. The quantitative estimate of drug-likeness (QED) is 0.710. The highest BCUT2D eigenvalue weighted by Crippen LogP contribution is 2.31. The molecule has 2 heterocycles. The van der Waals surface area contributed by atoms with Crippen molar-refractivity contribution in [1.82, 2.24) is 14.3 Å². The summed E-state index contributed by atoms with van der Waals surface area (Å²) in [6.45, 7) is 2.11. The molecule has 2 N–H and O–H groups in total. The van der Waals surface area contributed by atoms with Gasteiger partial charge >= 0.3 is 0 Å². The zero-order chi connectivity index (χ0) is 12.9. The molecule has 0 aliphatic heterocycles. The molecule has 2 aromatic heterocycles. The van der Waals surface area contributed by atoms with Gasteiger partial charge in [-0.1, -0.05) is 12.1 Å². The van der Waals surface area contributed by atoms with E-state index in [0.29, 0.717) is 5.82 Å². The van der Waals surface area contributed by atoms with Crippen LogP contribution in [0.15, 0.2) is 30.5 Å². The van der Waals surface area contributed by atoms with Crippen LogP contribution < -0.4 is 5.73 Å². The maximum atomic E-state index is 5.75. The lowest BCUT2D eigenvalue weighted by Gasteiger charge is -2.00. The third kappa shape index (κ3) is 1.49. The molecule has 1 aromatic carbocycles. The number of hydrogen-bond acceptors (Lipinski definition) is 2. The van der Waals surface area contributed by atoms with Gasteiger partial charge in [-0.15, -0.1) is 0 Å². The van der Waals surface area contributed by atoms with Crippen molar-refractivity contribution >= 4 is 16.7 Å². The summed E-state index contributed by atoms with van der Waals surface area (Å²) in [5.74, 6) is 0.552. The van der Waals surface area contributed by atoms with Crippen molar-refractivity contribution in [3.8, 4) is 11.3 Å². The highest BCUT2D eigenvalue weighted by atomic mass is 15.3. The number of aryl methyl sites for hydroxylation is 3. The van der Waals surface area contributed by atoms with E-state index in [2.05, 4.69) is 48.0 Å². The van der Waals surface area contributed by atoms with Crippen LogP contribution in [-0.2, 0) is 14.1 Å². The second kappa shape index (κ2) is 3.63. The zero-order valence-electron chi connectivity index (χ0n) is 10.8. The van der Waals surface area contributed by atoms with E-state index >= 15 is 0 Å². The van der Waals surface area contributed by atoms with E-state index in [0.717, 1.165) is 5.69 Å². The third-order valence-electron chi connectivity index (χ3n) is 3.32. The van der Waals surface area contributed by atoms with E-state index in [1.807, 2.05) is 17.8 Å². The molecule has 3 aromatic rings. The summed E-state index contributed by atoms with van der Waals surface area (Å²) in [4.78, 5) is 0. The molecule has 3 rings (SSSR count). The number of fused-ring (bicyclic) bond motifs is 1. The van der Waals surface area contributed by atoms with E-state index in [9.17, 15) is 0 Å². The molecule has 0 saturated heterocycles. The molecule has 0 amide bonds. The highest BCUT2D eigenvalue weighted by Gasteiger charge is 2.12. The number of nitrogen functional groups attached to an aromatic ring is 1. The van der Waals surface area contributed by atoms with Crippen molar-refractivity contribution in [1.29, 1.82) is 0 Å². The maximum absolute atomic E-state index is 5.75. The van der Waals surface area contributed by atoms with Crippen molar-refractivity contribution in [3.63, 3.8) is 0 Å². The topological polar surface area (TPSA) is 48.8 Å². The van der Waals surface area contributed by atoms with Crippen LogP contribution in [0.25, 0.3) is 22.2 Å². The third-order valence-corrected chi connectivity index (χ3v) is 3.32. The molecule has 18 heavy (non-hydrogen) atoms. The molecular weight excluding hydrogens is 224 g/mol. The van der Waals surface area contributed by atoms with Crippen LogP contribution in [0.1, 0.15) is 5.56 Å². The average Bonchev–Trinajstić information content (AvgIpc) is 2.80. The lowest BCUT2D eigenvalue weighted by atomic mass is 10.1. The minimum atomic E-state index is 0.552. The van der Waals surface area contributed by atoms with Gasteiger partial charge in [0.2, 0.25) is 0 Å². The van der Waals surface area contributed by atoms with E-state index in [-0.39, 0.29) is 0 Å². The largest absolute Gasteiger partial charge is 0.382 e. The number of hydrogen-bond donors (Lipinski definition) is 1. The Morgan fingerprint density at radius 1 is 1.17 bits per heavy atom. The molecular formula is C14H16N4. The fourth-order valence-electron chi connectivity index (χ4n) is 2.44. The van der Waals surface area contributed by atoms with Gasteiger partial charge in [-0.3, -0.25) is 4.68 Å². The smallest absolute Gasteiger partial charge is 0.146 e. The van der Waals surface area contributed by atoms with E-state index in [4.69, 9.17) is 5.73 Å². The van der Waals surface area contributed by atoms with Gasteiger partial charge in [-0.2, -0.15) is 5.10 Å². The van der Waals surface area contributed by atoms with Gasteiger partial charge in [-0.25, -0.2) is 0 Å². The number of nitrogens with zero attached hydrogens (tertiary/aromatic N) is 3. The summed E-state index contributed by atoms with van der Waals surface area (Å²) < 4.78 is 3.96. The van der Waals surface area contributed by atoms with Gasteiger partial charge in [0, 0.05) is 42.8 Å². The van der Waals surface area contributed by atoms with Gasteiger partial charge in [0.1, 0.15) is 5.82 Å². The Labute approximate surface area is 106 Å². The van der Waals surface area contributed by atoms with Crippen LogP contribution in [0.2, 0.25) is 0 Å². The maximum Gasteiger partial charge on any atom is 0.146 e. The summed E-state index contributed by atoms with van der Waals surface area (Å²) >= 11 is 0. The second-order valence-electron chi connectivity index (χ2n) is 4.75. The Morgan fingerprint density at radius 2 is 1.94 bits per heavy atom. The first kappa shape index (κ1) is 10.9. The second-order valence-corrected chi connectivity index (χ2v) is 4.75. The molecule has 0 aliphatic rings. The zero-order valence-corrected chi connectivity index (χ0v) is 10.8. The minimum absolute atomic E-state index is 0.552. The van der Waals surface area contributed by atoms with Crippen LogP contribution in [0.3, 0.4) is 0 Å². The van der Waals surface area contributed by atoms with E-state index in [1.165, 1.54) is 22.0 Å². The summed E-state index contributed by atoms with van der Waals surface area (Å²) in [7, 11) is 3.98. The van der Waals surface area contributed by atoms with Crippen LogP contribution in [0.5, 0.6) is 0 Å². The predicted molar refractivity (Wildman–Crippen MR) is 74.3 cm³/mol. The Morgan fingerprint density at radius 3 is 2.61 bits per heavy atom. The fraction of sp³-hybridized carbons (Fsp3) is 0.214. The number of nitrogens with two attached hydrogens (primary N) is 1. The SMILES string of the molecule is Cc1ccc2c(-c3cc(N)nn3C)cn(C)c2c1. The van der Waals surface area contributed by atoms with Crippen molar-refractivity contribution in [3.05, 3.63) is 36.0 Å². The molecule has 0 radical (unpaired) electrons. The first-order chi connectivity index (χ1) is 8.56. The highest BCUT2D eigenvalue weighted by molar-refractivity contribution is 5.95.